The Morgan fingerprint density at radius 2 is 2.12 bits per heavy atom. The average Bonchev–Trinajstić information content (AvgIpc) is 2.22. The molecule has 1 aliphatic rings. The number of hydrogen-bond donors (Lipinski definition) is 1. The molecule has 16 heavy (non-hydrogen) atoms. The van der Waals surface area contributed by atoms with Crippen molar-refractivity contribution in [3.05, 3.63) is 29.8 Å². The number of nitrogens with one attached hydrogen (secondary N) is 1. The zero-order chi connectivity index (χ0) is 11.5. The van der Waals surface area contributed by atoms with Gasteiger partial charge in [0.05, 0.1) is 7.11 Å². The lowest BCUT2D eigenvalue weighted by Gasteiger charge is -2.38. The minimum atomic E-state index is 0.483. The Kier molecular flexibility index (Phi) is 3.46. The molecule has 88 valence electrons. The summed E-state index contributed by atoms with van der Waals surface area (Å²) in [5.74, 6) is 1.65. The predicted molar refractivity (Wildman–Crippen MR) is 65.8 cm³/mol. The van der Waals surface area contributed by atoms with Crippen molar-refractivity contribution in [3.63, 3.8) is 0 Å². The highest BCUT2D eigenvalue weighted by Crippen LogP contribution is 2.31. The summed E-state index contributed by atoms with van der Waals surface area (Å²) >= 11 is 0. The number of rotatable bonds is 4. The normalized spacial score (nSPS) is 18.2. The second-order valence-electron chi connectivity index (χ2n) is 4.60. The Bertz CT molecular complexity index is 348. The topological polar surface area (TPSA) is 24.5 Å². The van der Waals surface area contributed by atoms with Gasteiger partial charge in [-0.05, 0) is 31.8 Å². The highest BCUT2D eigenvalue weighted by Gasteiger charge is 2.29. The highest BCUT2D eigenvalue weighted by molar-refractivity contribution is 5.31. The minimum Gasteiger partial charge on any atom is -0.497 e. The number of hydrogen-bond acceptors (Lipinski definition) is 3. The fourth-order valence-electron chi connectivity index (χ4n) is 2.35. The lowest BCUT2D eigenvalue weighted by atomic mass is 9.87. The van der Waals surface area contributed by atoms with Crippen molar-refractivity contribution in [2.75, 3.05) is 34.3 Å². The summed E-state index contributed by atoms with van der Waals surface area (Å²) in [6.45, 7) is 2.22. The molecule has 0 amide bonds. The largest absolute Gasteiger partial charge is 0.497 e. The van der Waals surface area contributed by atoms with E-state index in [0.29, 0.717) is 12.0 Å². The van der Waals surface area contributed by atoms with Crippen LogP contribution >= 0.6 is 0 Å². The summed E-state index contributed by atoms with van der Waals surface area (Å²) in [6.07, 6.45) is 0. The molecule has 1 fully saturated rings. The maximum absolute atomic E-state index is 5.28. The summed E-state index contributed by atoms with van der Waals surface area (Å²) in [5.41, 5.74) is 1.34. The van der Waals surface area contributed by atoms with Gasteiger partial charge in [-0.25, -0.2) is 0 Å². The smallest absolute Gasteiger partial charge is 0.119 e. The Morgan fingerprint density at radius 1 is 1.38 bits per heavy atom. The molecule has 1 heterocycles. The van der Waals surface area contributed by atoms with E-state index in [2.05, 4.69) is 42.5 Å². The molecule has 0 radical (unpaired) electrons. The molecule has 0 spiro atoms. The summed E-state index contributed by atoms with van der Waals surface area (Å²) in [6, 6.07) is 8.87. The van der Waals surface area contributed by atoms with Crippen LogP contribution in [0.25, 0.3) is 0 Å². The molecule has 1 aromatic carbocycles. The van der Waals surface area contributed by atoms with E-state index in [0.717, 1.165) is 18.8 Å². The fraction of sp³-hybridized carbons (Fsp3) is 0.538. The van der Waals surface area contributed by atoms with Crippen molar-refractivity contribution in [2.45, 2.75) is 6.04 Å². The monoisotopic (exact) mass is 220 g/mol. The number of benzene rings is 1. The van der Waals surface area contributed by atoms with Crippen molar-refractivity contribution in [2.24, 2.45) is 5.92 Å². The highest BCUT2D eigenvalue weighted by atomic mass is 16.5. The molecule has 3 heteroatoms. The Labute approximate surface area is 97.4 Å². The lowest BCUT2D eigenvalue weighted by molar-refractivity contribution is 0.160. The van der Waals surface area contributed by atoms with E-state index in [-0.39, 0.29) is 0 Å². The predicted octanol–water partition coefficient (Wildman–Crippen LogP) is 1.52. The van der Waals surface area contributed by atoms with E-state index in [4.69, 9.17) is 4.74 Å². The first-order valence-corrected chi connectivity index (χ1v) is 5.73. The molecule has 0 aromatic heterocycles. The van der Waals surface area contributed by atoms with Crippen LogP contribution in [-0.4, -0.2) is 39.2 Å². The summed E-state index contributed by atoms with van der Waals surface area (Å²) in [5, 5.41) is 3.34. The van der Waals surface area contributed by atoms with Gasteiger partial charge in [0.2, 0.25) is 0 Å². The van der Waals surface area contributed by atoms with Crippen LogP contribution in [0.3, 0.4) is 0 Å². The molecule has 0 saturated carbocycles. The van der Waals surface area contributed by atoms with Crippen molar-refractivity contribution >= 4 is 0 Å². The third-order valence-electron chi connectivity index (χ3n) is 3.25. The maximum atomic E-state index is 5.28. The van der Waals surface area contributed by atoms with Gasteiger partial charge in [-0.1, -0.05) is 12.1 Å². The maximum Gasteiger partial charge on any atom is 0.119 e. The standard InChI is InChI=1S/C13H20N2O/c1-15(2)13(11-8-14-9-11)10-5-4-6-12(7-10)16-3/h4-7,11,13-14H,8-9H2,1-3H3. The second kappa shape index (κ2) is 4.85. The van der Waals surface area contributed by atoms with E-state index < -0.39 is 0 Å². The zero-order valence-corrected chi connectivity index (χ0v) is 10.2. The number of methoxy groups -OCH3 is 1. The molecule has 0 bridgehead atoms. The van der Waals surface area contributed by atoms with Crippen LogP contribution < -0.4 is 10.1 Å². The molecule has 1 aromatic rings. The summed E-state index contributed by atoms with van der Waals surface area (Å²) in [7, 11) is 6.00. The first-order chi connectivity index (χ1) is 7.72. The van der Waals surface area contributed by atoms with Crippen LogP contribution in [0.1, 0.15) is 11.6 Å². The van der Waals surface area contributed by atoms with Gasteiger partial charge in [0.1, 0.15) is 5.75 Å². The SMILES string of the molecule is COc1cccc(C(C2CNC2)N(C)C)c1. The third kappa shape index (κ3) is 2.20. The summed E-state index contributed by atoms with van der Waals surface area (Å²) in [4.78, 5) is 2.29. The van der Waals surface area contributed by atoms with Gasteiger partial charge in [0, 0.05) is 25.0 Å². The fourth-order valence-corrected chi connectivity index (χ4v) is 2.35. The molecule has 1 unspecified atom stereocenters. The molecule has 2 rings (SSSR count). The van der Waals surface area contributed by atoms with Gasteiger partial charge in [0.25, 0.3) is 0 Å². The van der Waals surface area contributed by atoms with Crippen LogP contribution in [0.5, 0.6) is 5.75 Å². The van der Waals surface area contributed by atoms with Crippen LogP contribution in [-0.2, 0) is 0 Å². The second-order valence-corrected chi connectivity index (χ2v) is 4.60. The van der Waals surface area contributed by atoms with Crippen LogP contribution in [0, 0.1) is 5.92 Å². The van der Waals surface area contributed by atoms with Gasteiger partial charge in [-0.2, -0.15) is 0 Å². The van der Waals surface area contributed by atoms with E-state index in [1.165, 1.54) is 5.56 Å². The van der Waals surface area contributed by atoms with E-state index in [1.807, 2.05) is 6.07 Å². The first kappa shape index (κ1) is 11.4. The Balaban J connectivity index is 2.23. The van der Waals surface area contributed by atoms with Crippen LogP contribution in [0.15, 0.2) is 24.3 Å². The number of nitrogens with zero attached hydrogens (tertiary/aromatic N) is 1. The van der Waals surface area contributed by atoms with Crippen molar-refractivity contribution in [1.82, 2.24) is 10.2 Å². The molecular formula is C13H20N2O. The Morgan fingerprint density at radius 3 is 2.62 bits per heavy atom. The number of ether oxygens (including phenoxy) is 1. The van der Waals surface area contributed by atoms with Crippen molar-refractivity contribution in [1.29, 1.82) is 0 Å². The molecule has 1 N–H and O–H groups in total. The minimum absolute atomic E-state index is 0.483. The van der Waals surface area contributed by atoms with Gasteiger partial charge in [-0.3, -0.25) is 0 Å². The molecule has 1 atom stereocenters. The zero-order valence-electron chi connectivity index (χ0n) is 10.2. The lowest BCUT2D eigenvalue weighted by Crippen LogP contribution is -2.48. The molecule has 1 aliphatic heterocycles. The van der Waals surface area contributed by atoms with Crippen LogP contribution in [0.2, 0.25) is 0 Å². The van der Waals surface area contributed by atoms with E-state index >= 15 is 0 Å². The van der Waals surface area contributed by atoms with Crippen LogP contribution in [0.4, 0.5) is 0 Å². The average molecular weight is 220 g/mol. The van der Waals surface area contributed by atoms with Gasteiger partial charge < -0.3 is 15.0 Å². The van der Waals surface area contributed by atoms with E-state index in [9.17, 15) is 0 Å². The first-order valence-electron chi connectivity index (χ1n) is 5.73. The van der Waals surface area contributed by atoms with Crippen molar-refractivity contribution < 1.29 is 4.74 Å². The molecule has 3 nitrogen and oxygen atoms in total. The summed E-state index contributed by atoms with van der Waals surface area (Å²) < 4.78 is 5.28. The van der Waals surface area contributed by atoms with Gasteiger partial charge in [0.15, 0.2) is 0 Å². The third-order valence-corrected chi connectivity index (χ3v) is 3.25. The van der Waals surface area contributed by atoms with Gasteiger partial charge in [-0.15, -0.1) is 0 Å². The van der Waals surface area contributed by atoms with Gasteiger partial charge >= 0.3 is 0 Å². The van der Waals surface area contributed by atoms with E-state index in [1.54, 1.807) is 7.11 Å². The quantitative estimate of drug-likeness (QED) is 0.832. The molecule has 1 saturated heterocycles. The van der Waals surface area contributed by atoms with Crippen molar-refractivity contribution in [3.8, 4) is 5.75 Å². The molecule has 0 aliphatic carbocycles. The molecular weight excluding hydrogens is 200 g/mol. The Hall–Kier alpha value is -1.06.